The van der Waals surface area contributed by atoms with Gasteiger partial charge in [-0.1, -0.05) is 55.1 Å². The van der Waals surface area contributed by atoms with Gasteiger partial charge in [-0.25, -0.2) is 17.6 Å². The molecule has 0 saturated carbocycles. The zero-order valence-electron chi connectivity index (χ0n) is 16.8. The highest BCUT2D eigenvalue weighted by molar-refractivity contribution is 5.71. The number of hydrogen-bond acceptors (Lipinski definition) is 2. The van der Waals surface area contributed by atoms with E-state index < -0.39 is 35.5 Å². The Balaban J connectivity index is 1.61. The third kappa shape index (κ3) is 4.01. The van der Waals surface area contributed by atoms with Gasteiger partial charge in [0.1, 0.15) is 0 Å². The van der Waals surface area contributed by atoms with Gasteiger partial charge < -0.3 is 9.47 Å². The molecule has 4 rings (SSSR count). The second-order valence-corrected chi connectivity index (χ2v) is 7.43. The van der Waals surface area contributed by atoms with Crippen molar-refractivity contribution in [1.82, 2.24) is 0 Å². The SMILES string of the molecule is C=CC1OCC(c2ccc(-c3ccc(-c4ccc(C)c(F)c4F)cc3)c(F)c2F)CO1. The van der Waals surface area contributed by atoms with E-state index in [1.807, 2.05) is 0 Å². The first kappa shape index (κ1) is 21.3. The summed E-state index contributed by atoms with van der Waals surface area (Å²) in [6.07, 6.45) is 0.949. The Labute approximate surface area is 177 Å². The second-order valence-electron chi connectivity index (χ2n) is 7.43. The van der Waals surface area contributed by atoms with Gasteiger partial charge >= 0.3 is 0 Å². The molecule has 1 aliphatic rings. The van der Waals surface area contributed by atoms with E-state index in [0.717, 1.165) is 0 Å². The molecule has 1 fully saturated rings. The predicted octanol–water partition coefficient (Wildman–Crippen LogP) is 6.53. The molecule has 31 heavy (non-hydrogen) atoms. The van der Waals surface area contributed by atoms with Crippen molar-refractivity contribution in [2.45, 2.75) is 19.1 Å². The molecule has 0 N–H and O–H groups in total. The molecule has 3 aromatic carbocycles. The number of ether oxygens (including phenoxy) is 2. The molecule has 0 aliphatic carbocycles. The summed E-state index contributed by atoms with van der Waals surface area (Å²) in [5.41, 5.74) is 1.42. The van der Waals surface area contributed by atoms with Gasteiger partial charge in [-0.05, 0) is 35.3 Å². The Kier molecular flexibility index (Phi) is 5.94. The van der Waals surface area contributed by atoms with Crippen LogP contribution in [0, 0.1) is 30.2 Å². The van der Waals surface area contributed by atoms with Gasteiger partial charge in [0.2, 0.25) is 0 Å². The van der Waals surface area contributed by atoms with Crippen LogP contribution < -0.4 is 0 Å². The molecule has 0 amide bonds. The highest BCUT2D eigenvalue weighted by Gasteiger charge is 2.26. The van der Waals surface area contributed by atoms with Crippen molar-refractivity contribution >= 4 is 0 Å². The number of rotatable bonds is 4. The summed E-state index contributed by atoms with van der Waals surface area (Å²) < 4.78 is 68.5. The fraction of sp³-hybridized carbons (Fsp3) is 0.200. The van der Waals surface area contributed by atoms with Crippen LogP contribution in [0.15, 0.2) is 61.2 Å². The van der Waals surface area contributed by atoms with E-state index in [1.54, 1.807) is 24.3 Å². The molecule has 0 atom stereocenters. The van der Waals surface area contributed by atoms with Crippen molar-refractivity contribution in [1.29, 1.82) is 0 Å². The normalized spacial score (nSPS) is 18.7. The van der Waals surface area contributed by atoms with Gasteiger partial charge in [-0.2, -0.15) is 0 Å². The van der Waals surface area contributed by atoms with Gasteiger partial charge in [0.05, 0.1) is 13.2 Å². The van der Waals surface area contributed by atoms with Crippen LogP contribution in [0.4, 0.5) is 17.6 Å². The van der Waals surface area contributed by atoms with Gasteiger partial charge in [-0.15, -0.1) is 0 Å². The zero-order valence-corrected chi connectivity index (χ0v) is 16.8. The van der Waals surface area contributed by atoms with Crippen molar-refractivity contribution < 1.29 is 27.0 Å². The first-order chi connectivity index (χ1) is 14.9. The molecule has 3 aromatic rings. The summed E-state index contributed by atoms with van der Waals surface area (Å²) in [6, 6.07) is 12.2. The van der Waals surface area contributed by atoms with E-state index in [2.05, 4.69) is 6.58 Å². The quantitative estimate of drug-likeness (QED) is 0.348. The van der Waals surface area contributed by atoms with E-state index in [1.165, 1.54) is 37.3 Å². The van der Waals surface area contributed by atoms with E-state index in [9.17, 15) is 17.6 Å². The Bertz CT molecular complexity index is 1120. The molecule has 0 aromatic heterocycles. The van der Waals surface area contributed by atoms with Gasteiger partial charge in [0.15, 0.2) is 29.6 Å². The topological polar surface area (TPSA) is 18.5 Å². The number of benzene rings is 3. The van der Waals surface area contributed by atoms with Crippen molar-refractivity contribution in [3.63, 3.8) is 0 Å². The molecule has 1 saturated heterocycles. The van der Waals surface area contributed by atoms with Crippen LogP contribution >= 0.6 is 0 Å². The summed E-state index contributed by atoms with van der Waals surface area (Å²) in [7, 11) is 0. The largest absolute Gasteiger partial charge is 0.348 e. The molecule has 6 heteroatoms. The standard InChI is InChI=1S/C25H20F4O2/c1-3-21-30-12-17(13-31-21)20-11-10-19(24(28)25(20)29)16-7-5-15(6-8-16)18-9-4-14(2)22(26)23(18)27/h3-11,17,21H,1,12-13H2,2H3. The molecule has 0 radical (unpaired) electrons. The van der Waals surface area contributed by atoms with Gasteiger partial charge in [0, 0.05) is 17.0 Å². The Morgan fingerprint density at radius 2 is 1.26 bits per heavy atom. The summed E-state index contributed by atoms with van der Waals surface area (Å²) in [4.78, 5) is 0. The van der Waals surface area contributed by atoms with Crippen LogP contribution in [0.1, 0.15) is 17.0 Å². The van der Waals surface area contributed by atoms with E-state index in [-0.39, 0.29) is 35.5 Å². The molecule has 0 spiro atoms. The lowest BCUT2D eigenvalue weighted by Crippen LogP contribution is -2.30. The Morgan fingerprint density at radius 3 is 1.81 bits per heavy atom. The second kappa shape index (κ2) is 8.65. The average molecular weight is 428 g/mol. The molecule has 1 heterocycles. The van der Waals surface area contributed by atoms with Crippen LogP contribution in [0.2, 0.25) is 0 Å². The molecular weight excluding hydrogens is 408 g/mol. The average Bonchev–Trinajstić information content (AvgIpc) is 2.80. The fourth-order valence-electron chi connectivity index (χ4n) is 3.63. The summed E-state index contributed by atoms with van der Waals surface area (Å²) in [5.74, 6) is -4.21. The Hall–Kier alpha value is -2.96. The zero-order chi connectivity index (χ0) is 22.1. The minimum absolute atomic E-state index is 0.0740. The van der Waals surface area contributed by atoms with E-state index in [0.29, 0.717) is 11.1 Å². The van der Waals surface area contributed by atoms with Crippen molar-refractivity contribution in [3.05, 3.63) is 95.6 Å². The summed E-state index contributed by atoms with van der Waals surface area (Å²) >= 11 is 0. The first-order valence-electron chi connectivity index (χ1n) is 9.79. The minimum atomic E-state index is -0.983. The van der Waals surface area contributed by atoms with Crippen LogP contribution in [0.25, 0.3) is 22.3 Å². The molecule has 0 bridgehead atoms. The van der Waals surface area contributed by atoms with Gasteiger partial charge in [0.25, 0.3) is 0 Å². The number of hydrogen-bond donors (Lipinski definition) is 0. The third-order valence-electron chi connectivity index (χ3n) is 5.45. The number of aryl methyl sites for hydroxylation is 1. The fourth-order valence-corrected chi connectivity index (χ4v) is 3.63. The predicted molar refractivity (Wildman–Crippen MR) is 111 cm³/mol. The van der Waals surface area contributed by atoms with Crippen LogP contribution in [-0.4, -0.2) is 19.5 Å². The minimum Gasteiger partial charge on any atom is -0.348 e. The lowest BCUT2D eigenvalue weighted by molar-refractivity contribution is -0.159. The highest BCUT2D eigenvalue weighted by atomic mass is 19.2. The maximum Gasteiger partial charge on any atom is 0.176 e. The first-order valence-corrected chi connectivity index (χ1v) is 9.79. The monoisotopic (exact) mass is 428 g/mol. The van der Waals surface area contributed by atoms with Crippen molar-refractivity contribution in [3.8, 4) is 22.3 Å². The molecule has 2 nitrogen and oxygen atoms in total. The van der Waals surface area contributed by atoms with Crippen molar-refractivity contribution in [2.75, 3.05) is 13.2 Å². The van der Waals surface area contributed by atoms with E-state index in [4.69, 9.17) is 9.47 Å². The molecule has 1 aliphatic heterocycles. The Morgan fingerprint density at radius 1 is 0.742 bits per heavy atom. The molecule has 160 valence electrons. The maximum atomic E-state index is 14.8. The van der Waals surface area contributed by atoms with Gasteiger partial charge in [-0.3, -0.25) is 0 Å². The maximum absolute atomic E-state index is 14.8. The molecule has 0 unspecified atom stereocenters. The van der Waals surface area contributed by atoms with E-state index >= 15 is 0 Å². The molecular formula is C25H20F4O2. The van der Waals surface area contributed by atoms with Crippen LogP contribution in [0.3, 0.4) is 0 Å². The summed E-state index contributed by atoms with van der Waals surface area (Å²) in [6.45, 7) is 5.44. The smallest absolute Gasteiger partial charge is 0.176 e. The third-order valence-corrected chi connectivity index (χ3v) is 5.45. The summed E-state index contributed by atoms with van der Waals surface area (Å²) in [5, 5.41) is 0. The van der Waals surface area contributed by atoms with Crippen LogP contribution in [0.5, 0.6) is 0 Å². The van der Waals surface area contributed by atoms with Crippen molar-refractivity contribution in [2.24, 2.45) is 0 Å². The lowest BCUT2D eigenvalue weighted by Gasteiger charge is -2.28. The number of halogens is 4. The highest BCUT2D eigenvalue weighted by Crippen LogP contribution is 2.33. The lowest BCUT2D eigenvalue weighted by atomic mass is 9.94. The van der Waals surface area contributed by atoms with Crippen LogP contribution in [-0.2, 0) is 9.47 Å².